The van der Waals surface area contributed by atoms with E-state index in [1.54, 1.807) is 17.5 Å². The summed E-state index contributed by atoms with van der Waals surface area (Å²) in [6.45, 7) is 7.43. The molecule has 1 saturated heterocycles. The molecule has 0 amide bonds. The van der Waals surface area contributed by atoms with Gasteiger partial charge in [0.15, 0.2) is 0 Å². The molecule has 3 aromatic heterocycles. The summed E-state index contributed by atoms with van der Waals surface area (Å²) >= 11 is 1.73. The summed E-state index contributed by atoms with van der Waals surface area (Å²) in [5.41, 5.74) is 2.11. The van der Waals surface area contributed by atoms with E-state index in [4.69, 9.17) is 4.98 Å². The van der Waals surface area contributed by atoms with Crippen molar-refractivity contribution in [1.82, 2.24) is 24.8 Å². The van der Waals surface area contributed by atoms with Crippen LogP contribution in [0.15, 0.2) is 42.7 Å². The van der Waals surface area contributed by atoms with Crippen molar-refractivity contribution in [3.63, 3.8) is 0 Å². The van der Waals surface area contributed by atoms with Crippen LogP contribution in [-0.4, -0.2) is 58.0 Å². The summed E-state index contributed by atoms with van der Waals surface area (Å²) in [4.78, 5) is 19.6. The van der Waals surface area contributed by atoms with Crippen LogP contribution in [0, 0.1) is 6.92 Å². The monoisotopic (exact) mass is 380 g/mol. The van der Waals surface area contributed by atoms with Crippen LogP contribution in [0.25, 0.3) is 10.6 Å². The lowest BCUT2D eigenvalue weighted by molar-refractivity contribution is 0.148. The summed E-state index contributed by atoms with van der Waals surface area (Å²) in [5.74, 6) is 1.60. The largest absolute Gasteiger partial charge is 0.325 e. The maximum atomic E-state index is 4.74. The molecule has 4 rings (SSSR count). The van der Waals surface area contributed by atoms with Gasteiger partial charge < -0.3 is 10.2 Å². The fraction of sp³-hybridized carbons (Fsp3) is 0.350. The standard InChI is InChI=1S/C20H24N6S/c1-15-6-7-21-19(12-15)24-18-5-3-4-16(23-18)17-13-22-20(27-17)14-26-10-8-25(2)9-11-26/h3-7,12-13H,8-11,14H2,1-2H3,(H,21,23,24). The number of nitrogens with zero attached hydrogens (tertiary/aromatic N) is 5. The highest BCUT2D eigenvalue weighted by atomic mass is 32.1. The highest BCUT2D eigenvalue weighted by Gasteiger charge is 2.16. The summed E-state index contributed by atoms with van der Waals surface area (Å²) < 4.78 is 0. The first-order valence-corrected chi connectivity index (χ1v) is 10.00. The molecule has 0 aromatic carbocycles. The molecule has 0 atom stereocenters. The maximum absolute atomic E-state index is 4.74. The number of likely N-dealkylation sites (N-methyl/N-ethyl adjacent to an activating group) is 1. The molecule has 7 heteroatoms. The Hall–Kier alpha value is -2.35. The zero-order chi connectivity index (χ0) is 18.6. The maximum Gasteiger partial charge on any atom is 0.132 e. The van der Waals surface area contributed by atoms with Gasteiger partial charge in [-0.25, -0.2) is 15.0 Å². The molecule has 1 fully saturated rings. The van der Waals surface area contributed by atoms with E-state index in [1.165, 1.54) is 5.56 Å². The second kappa shape index (κ2) is 8.12. The molecule has 0 unspecified atom stereocenters. The quantitative estimate of drug-likeness (QED) is 0.732. The van der Waals surface area contributed by atoms with Gasteiger partial charge in [0, 0.05) is 38.6 Å². The smallest absolute Gasteiger partial charge is 0.132 e. The van der Waals surface area contributed by atoms with Gasteiger partial charge in [0.2, 0.25) is 0 Å². The van der Waals surface area contributed by atoms with Crippen LogP contribution in [-0.2, 0) is 6.54 Å². The number of rotatable bonds is 5. The van der Waals surface area contributed by atoms with E-state index >= 15 is 0 Å². The van der Waals surface area contributed by atoms with E-state index in [-0.39, 0.29) is 0 Å². The number of piperazine rings is 1. The second-order valence-electron chi connectivity index (χ2n) is 6.95. The Bertz CT molecular complexity index is 901. The molecule has 6 nitrogen and oxygen atoms in total. The van der Waals surface area contributed by atoms with E-state index in [0.717, 1.165) is 59.9 Å². The highest BCUT2D eigenvalue weighted by molar-refractivity contribution is 7.15. The Labute approximate surface area is 163 Å². The fourth-order valence-corrected chi connectivity index (χ4v) is 4.01. The minimum atomic E-state index is 0.791. The number of anilines is 2. The molecule has 0 radical (unpaired) electrons. The van der Waals surface area contributed by atoms with Gasteiger partial charge in [-0.05, 0) is 43.8 Å². The Kier molecular flexibility index (Phi) is 5.42. The Morgan fingerprint density at radius 3 is 2.74 bits per heavy atom. The summed E-state index contributed by atoms with van der Waals surface area (Å²) in [7, 11) is 2.18. The lowest BCUT2D eigenvalue weighted by Crippen LogP contribution is -2.43. The van der Waals surface area contributed by atoms with E-state index < -0.39 is 0 Å². The number of nitrogens with one attached hydrogen (secondary N) is 1. The lowest BCUT2D eigenvalue weighted by atomic mass is 10.3. The van der Waals surface area contributed by atoms with Crippen LogP contribution in [0.4, 0.5) is 11.6 Å². The number of hydrogen-bond donors (Lipinski definition) is 1. The normalized spacial score (nSPS) is 15.8. The molecule has 4 heterocycles. The highest BCUT2D eigenvalue weighted by Crippen LogP contribution is 2.27. The van der Waals surface area contributed by atoms with Crippen molar-refractivity contribution in [3.8, 4) is 10.6 Å². The van der Waals surface area contributed by atoms with Crippen LogP contribution >= 0.6 is 11.3 Å². The van der Waals surface area contributed by atoms with Gasteiger partial charge in [-0.1, -0.05) is 6.07 Å². The van der Waals surface area contributed by atoms with E-state index in [0.29, 0.717) is 0 Å². The van der Waals surface area contributed by atoms with Crippen molar-refractivity contribution in [3.05, 3.63) is 53.3 Å². The minimum Gasteiger partial charge on any atom is -0.325 e. The van der Waals surface area contributed by atoms with Crippen molar-refractivity contribution in [2.45, 2.75) is 13.5 Å². The van der Waals surface area contributed by atoms with Gasteiger partial charge in [-0.2, -0.15) is 0 Å². The molecule has 0 aliphatic carbocycles. The predicted molar refractivity (Wildman–Crippen MR) is 110 cm³/mol. The molecule has 1 aliphatic rings. The number of aromatic nitrogens is 3. The van der Waals surface area contributed by atoms with Crippen LogP contribution in [0.1, 0.15) is 10.6 Å². The van der Waals surface area contributed by atoms with Gasteiger partial charge in [-0.15, -0.1) is 11.3 Å². The van der Waals surface area contributed by atoms with Crippen molar-refractivity contribution < 1.29 is 0 Å². The van der Waals surface area contributed by atoms with Crippen molar-refractivity contribution in [1.29, 1.82) is 0 Å². The van der Waals surface area contributed by atoms with Gasteiger partial charge >= 0.3 is 0 Å². The third kappa shape index (κ3) is 4.68. The zero-order valence-corrected chi connectivity index (χ0v) is 16.5. The Morgan fingerprint density at radius 2 is 1.93 bits per heavy atom. The second-order valence-corrected chi connectivity index (χ2v) is 8.06. The first-order chi connectivity index (χ1) is 13.2. The topological polar surface area (TPSA) is 57.2 Å². The summed E-state index contributed by atoms with van der Waals surface area (Å²) in [6.07, 6.45) is 3.74. The fourth-order valence-electron chi connectivity index (χ4n) is 3.08. The van der Waals surface area contributed by atoms with E-state index in [2.05, 4.69) is 39.1 Å². The van der Waals surface area contributed by atoms with Crippen molar-refractivity contribution in [2.75, 3.05) is 38.5 Å². The number of thiazole rings is 1. The number of hydrogen-bond acceptors (Lipinski definition) is 7. The lowest BCUT2D eigenvalue weighted by Gasteiger charge is -2.31. The molecule has 1 aliphatic heterocycles. The number of pyridine rings is 2. The predicted octanol–water partition coefficient (Wildman–Crippen LogP) is 3.40. The Balaban J connectivity index is 1.45. The number of aryl methyl sites for hydroxylation is 1. The van der Waals surface area contributed by atoms with Crippen molar-refractivity contribution >= 4 is 23.0 Å². The van der Waals surface area contributed by atoms with Gasteiger partial charge in [-0.3, -0.25) is 4.90 Å². The average Bonchev–Trinajstić information content (AvgIpc) is 3.13. The van der Waals surface area contributed by atoms with E-state index in [9.17, 15) is 0 Å². The van der Waals surface area contributed by atoms with Crippen LogP contribution in [0.2, 0.25) is 0 Å². The molecular weight excluding hydrogens is 356 g/mol. The molecule has 27 heavy (non-hydrogen) atoms. The first-order valence-electron chi connectivity index (χ1n) is 9.18. The molecule has 1 N–H and O–H groups in total. The van der Waals surface area contributed by atoms with Crippen LogP contribution < -0.4 is 5.32 Å². The van der Waals surface area contributed by atoms with Gasteiger partial charge in [0.05, 0.1) is 17.1 Å². The van der Waals surface area contributed by atoms with E-state index in [1.807, 2.05) is 36.5 Å². The summed E-state index contributed by atoms with van der Waals surface area (Å²) in [6, 6.07) is 9.99. The zero-order valence-electron chi connectivity index (χ0n) is 15.7. The van der Waals surface area contributed by atoms with Crippen molar-refractivity contribution in [2.24, 2.45) is 0 Å². The molecule has 3 aromatic rings. The average molecular weight is 381 g/mol. The molecule has 140 valence electrons. The van der Waals surface area contributed by atoms with Crippen LogP contribution in [0.5, 0.6) is 0 Å². The first kappa shape index (κ1) is 18.0. The molecule has 0 bridgehead atoms. The van der Waals surface area contributed by atoms with Gasteiger partial charge in [0.25, 0.3) is 0 Å². The molecule has 0 spiro atoms. The summed E-state index contributed by atoms with van der Waals surface area (Å²) in [5, 5.41) is 4.43. The minimum absolute atomic E-state index is 0.791. The Morgan fingerprint density at radius 1 is 1.07 bits per heavy atom. The molecule has 0 saturated carbocycles. The SMILES string of the molecule is Cc1ccnc(Nc2cccc(-c3cnc(CN4CCN(C)CC4)s3)n2)c1. The third-order valence-corrected chi connectivity index (χ3v) is 5.69. The van der Waals surface area contributed by atoms with Gasteiger partial charge in [0.1, 0.15) is 16.6 Å². The molecular formula is C20H24N6S. The van der Waals surface area contributed by atoms with Crippen LogP contribution in [0.3, 0.4) is 0 Å². The third-order valence-electron chi connectivity index (χ3n) is 4.68.